The van der Waals surface area contributed by atoms with E-state index in [1.54, 1.807) is 5.57 Å². The minimum atomic E-state index is 0. The van der Waals surface area contributed by atoms with E-state index in [4.69, 9.17) is 0 Å². The van der Waals surface area contributed by atoms with Gasteiger partial charge in [-0.1, -0.05) is 46.8 Å². The topological polar surface area (TPSA) is 0 Å². The second kappa shape index (κ2) is 5.67. The van der Waals surface area contributed by atoms with Crippen LogP contribution in [0.2, 0.25) is 0 Å². The second-order valence-electron chi connectivity index (χ2n) is 5.40. The fourth-order valence-corrected chi connectivity index (χ4v) is 3.04. The van der Waals surface area contributed by atoms with Gasteiger partial charge in [0, 0.05) is 0 Å². The summed E-state index contributed by atoms with van der Waals surface area (Å²) in [6.45, 7) is 9.56. The van der Waals surface area contributed by atoms with Crippen molar-refractivity contribution in [1.29, 1.82) is 0 Å². The highest BCUT2D eigenvalue weighted by molar-refractivity contribution is 7.59. The number of hydrogen-bond acceptors (Lipinski definition) is 0. The molecular weight excluding hydrogens is 220 g/mol. The van der Waals surface area contributed by atoms with Crippen molar-refractivity contribution in [2.24, 2.45) is 23.2 Å². The van der Waals surface area contributed by atoms with Crippen LogP contribution in [0.15, 0.2) is 11.6 Å². The first-order valence-corrected chi connectivity index (χ1v) is 5.23. The first-order valence-electron chi connectivity index (χ1n) is 5.23. The molecule has 0 saturated heterocycles. The summed E-state index contributed by atoms with van der Waals surface area (Å²) in [4.78, 5) is 0. The van der Waals surface area contributed by atoms with Crippen molar-refractivity contribution in [2.45, 2.75) is 48.0 Å². The molecule has 92 valence electrons. The van der Waals surface area contributed by atoms with Crippen molar-refractivity contribution >= 4 is 27.0 Å². The number of fused-ring (bicyclic) bond motifs is 1. The van der Waals surface area contributed by atoms with Crippen LogP contribution >= 0.6 is 27.0 Å². The van der Waals surface area contributed by atoms with Crippen molar-refractivity contribution in [1.82, 2.24) is 0 Å². The number of rotatable bonds is 1. The van der Waals surface area contributed by atoms with E-state index in [1.807, 2.05) is 0 Å². The molecule has 2 atom stereocenters. The summed E-state index contributed by atoms with van der Waals surface area (Å²) < 4.78 is 0. The zero-order valence-corrected chi connectivity index (χ0v) is 11.7. The monoisotopic (exact) mass is 248 g/mol. The van der Waals surface area contributed by atoms with E-state index < -0.39 is 0 Å². The summed E-state index contributed by atoms with van der Waals surface area (Å²) >= 11 is 0. The third kappa shape index (κ3) is 2.58. The van der Waals surface area contributed by atoms with E-state index in [9.17, 15) is 0 Å². The number of hydrogen-bond donors (Lipinski definition) is 0. The molecule has 0 aromatic heterocycles. The Morgan fingerprint density at radius 2 is 1.80 bits per heavy atom. The zero-order chi connectivity index (χ0) is 8.93. The lowest BCUT2D eigenvalue weighted by Crippen LogP contribution is -2.48. The second-order valence-corrected chi connectivity index (χ2v) is 5.40. The first-order chi connectivity index (χ1) is 5.53. The molecule has 1 saturated carbocycles. The predicted molar refractivity (Wildman–Crippen MR) is 80.4 cm³/mol. The van der Waals surface area contributed by atoms with Crippen LogP contribution in [0, 0.1) is 23.2 Å². The molecule has 0 aromatic carbocycles. The maximum atomic E-state index is 2.51. The van der Waals surface area contributed by atoms with E-state index in [1.165, 1.54) is 12.8 Å². The molecular formula is C13H28S2. The van der Waals surface area contributed by atoms with Gasteiger partial charge in [0.15, 0.2) is 0 Å². The Labute approximate surface area is 110 Å². The fraction of sp³-hybridized carbons (Fsp3) is 0.846. The van der Waals surface area contributed by atoms with Crippen molar-refractivity contribution < 1.29 is 0 Å². The Kier molecular flexibility index (Phi) is 6.74. The third-order valence-electron chi connectivity index (χ3n) is 4.18. The van der Waals surface area contributed by atoms with Crippen LogP contribution in [-0.2, 0) is 0 Å². The van der Waals surface area contributed by atoms with Crippen LogP contribution in [0.3, 0.4) is 0 Å². The molecule has 0 N–H and O–H groups in total. The molecule has 0 heterocycles. The van der Waals surface area contributed by atoms with Gasteiger partial charge in [-0.3, -0.25) is 0 Å². The summed E-state index contributed by atoms with van der Waals surface area (Å²) in [5.41, 5.74) is 2.36. The molecule has 0 radical (unpaired) electrons. The summed E-state index contributed by atoms with van der Waals surface area (Å²) in [6.07, 6.45) is 5.32. The van der Waals surface area contributed by atoms with Gasteiger partial charge in [-0.25, -0.2) is 0 Å². The maximum absolute atomic E-state index is 2.51. The lowest BCUT2D eigenvalue weighted by molar-refractivity contribution is -0.0116. The Balaban J connectivity index is 0. The molecule has 0 nitrogen and oxygen atoms in total. The fourth-order valence-electron chi connectivity index (χ4n) is 3.04. The minimum absolute atomic E-state index is 0. The molecule has 0 aromatic rings. The molecule has 3 rings (SSSR count). The largest absolute Gasteiger partial charge is 0.197 e. The molecule has 0 amide bonds. The highest BCUT2D eigenvalue weighted by Crippen LogP contribution is 2.60. The standard InChI is InChI=1S/C12H20.CH4.2H2S/c1-8(2)10-6-5-9-7-11(10)12(9,3)4;;;/h6,8-9,11H,5,7H2,1-4H3;1H4;2*1H2/t9-,11-;;;/m0.../s1. The minimum Gasteiger partial charge on any atom is -0.197 e. The van der Waals surface area contributed by atoms with Gasteiger partial charge >= 0.3 is 0 Å². The van der Waals surface area contributed by atoms with Crippen LogP contribution in [0.1, 0.15) is 48.0 Å². The van der Waals surface area contributed by atoms with Crippen LogP contribution < -0.4 is 0 Å². The van der Waals surface area contributed by atoms with Gasteiger partial charge < -0.3 is 0 Å². The highest BCUT2D eigenvalue weighted by Gasteiger charge is 2.51. The smallest absolute Gasteiger partial charge is 0.0144 e. The van der Waals surface area contributed by atoms with Crippen LogP contribution in [0.5, 0.6) is 0 Å². The summed E-state index contributed by atoms with van der Waals surface area (Å²) in [5, 5.41) is 0. The van der Waals surface area contributed by atoms with Gasteiger partial charge in [0.2, 0.25) is 0 Å². The van der Waals surface area contributed by atoms with Gasteiger partial charge in [0.1, 0.15) is 0 Å². The van der Waals surface area contributed by atoms with Gasteiger partial charge in [-0.2, -0.15) is 27.0 Å². The van der Waals surface area contributed by atoms with Crippen LogP contribution in [-0.4, -0.2) is 0 Å². The molecule has 0 unspecified atom stereocenters. The van der Waals surface area contributed by atoms with E-state index in [-0.39, 0.29) is 34.4 Å². The molecule has 2 bridgehead atoms. The normalized spacial score (nSPS) is 30.1. The van der Waals surface area contributed by atoms with Gasteiger partial charge in [-0.15, -0.1) is 0 Å². The first kappa shape index (κ1) is 17.8. The lowest BCUT2D eigenvalue weighted by Gasteiger charge is -2.57. The van der Waals surface area contributed by atoms with E-state index in [0.717, 1.165) is 17.8 Å². The van der Waals surface area contributed by atoms with E-state index in [2.05, 4.69) is 33.8 Å². The van der Waals surface area contributed by atoms with Gasteiger partial charge in [0.05, 0.1) is 0 Å². The average molecular weight is 249 g/mol. The maximum Gasteiger partial charge on any atom is -0.0144 e. The lowest BCUT2D eigenvalue weighted by atomic mass is 9.48. The Morgan fingerprint density at radius 1 is 1.27 bits per heavy atom. The summed E-state index contributed by atoms with van der Waals surface area (Å²) in [6, 6.07) is 0. The number of allylic oxidation sites excluding steroid dienone is 2. The van der Waals surface area contributed by atoms with Crippen molar-refractivity contribution in [3.8, 4) is 0 Å². The SMILES string of the molecule is C.CC(C)C1=CC[C@H]2C[C@@H]1C2(C)C.S.S. The predicted octanol–water partition coefficient (Wildman–Crippen LogP) is 4.50. The summed E-state index contributed by atoms with van der Waals surface area (Å²) in [5.74, 6) is 2.68. The highest BCUT2D eigenvalue weighted by atomic mass is 32.1. The molecule has 1 fully saturated rings. The zero-order valence-electron chi connectivity index (χ0n) is 9.72. The quantitative estimate of drug-likeness (QED) is 0.600. The Hall–Kier alpha value is 0.440. The Morgan fingerprint density at radius 3 is 2.07 bits per heavy atom. The molecule has 3 aliphatic rings. The van der Waals surface area contributed by atoms with Crippen molar-refractivity contribution in [3.05, 3.63) is 11.6 Å². The van der Waals surface area contributed by atoms with Gasteiger partial charge in [0.25, 0.3) is 0 Å². The van der Waals surface area contributed by atoms with Crippen molar-refractivity contribution in [3.63, 3.8) is 0 Å². The molecule has 3 aliphatic carbocycles. The molecule has 0 spiro atoms. The van der Waals surface area contributed by atoms with E-state index in [0.29, 0.717) is 5.41 Å². The van der Waals surface area contributed by atoms with Crippen LogP contribution in [0.25, 0.3) is 0 Å². The summed E-state index contributed by atoms with van der Waals surface area (Å²) in [7, 11) is 0. The molecule has 15 heavy (non-hydrogen) atoms. The van der Waals surface area contributed by atoms with Gasteiger partial charge in [-0.05, 0) is 36.0 Å². The van der Waals surface area contributed by atoms with E-state index >= 15 is 0 Å². The van der Waals surface area contributed by atoms with Crippen LogP contribution in [0.4, 0.5) is 0 Å². The average Bonchev–Trinajstić information content (AvgIpc) is 2.04. The Bertz CT molecular complexity index is 229. The molecule has 2 heteroatoms. The molecule has 0 aliphatic heterocycles. The third-order valence-corrected chi connectivity index (χ3v) is 4.18. The van der Waals surface area contributed by atoms with Crippen molar-refractivity contribution in [2.75, 3.05) is 0 Å².